The van der Waals surface area contributed by atoms with Gasteiger partial charge in [-0.05, 0) is 43.9 Å². The lowest BCUT2D eigenvalue weighted by atomic mass is 10.0. The van der Waals surface area contributed by atoms with Gasteiger partial charge in [-0.25, -0.2) is 14.6 Å². The number of carboxylic acids is 2. The standard InChI is InChI=1S/C22H30N4O.2C2HF3O2/c1-16(2)24-21-19(22(27)23-3)15-18-10-13-26(14-11-20(18)25-21)12-9-17-7-5-4-6-8-17;2*3-2(4,5)1(6)7/h4-8,15-16H,9-14H2,1-3H3,(H,23,27)(H,24,25);2*(H,6,7). The first-order valence-electron chi connectivity index (χ1n) is 12.3. The lowest BCUT2D eigenvalue weighted by Gasteiger charge is -2.19. The first-order valence-corrected chi connectivity index (χ1v) is 12.3. The highest BCUT2D eigenvalue weighted by Gasteiger charge is 2.38. The zero-order valence-electron chi connectivity index (χ0n) is 22.6. The number of aromatic nitrogens is 1. The van der Waals surface area contributed by atoms with Crippen molar-refractivity contribution in [3.63, 3.8) is 0 Å². The van der Waals surface area contributed by atoms with Gasteiger partial charge in [-0.1, -0.05) is 30.3 Å². The van der Waals surface area contributed by atoms with E-state index in [0.29, 0.717) is 11.4 Å². The number of carbonyl (C=O) groups excluding carboxylic acids is 1. The molecule has 4 N–H and O–H groups in total. The van der Waals surface area contributed by atoms with Crippen LogP contribution in [0.5, 0.6) is 0 Å². The average Bonchev–Trinajstić information content (AvgIpc) is 3.08. The van der Waals surface area contributed by atoms with Crippen LogP contribution in [-0.4, -0.2) is 83.0 Å². The minimum absolute atomic E-state index is 0.0846. The molecule has 0 fully saturated rings. The monoisotopic (exact) mass is 594 g/mol. The SMILES string of the molecule is CNC(=O)c1cc2c(nc1NC(C)C)CCN(CCc1ccccc1)CC2.O=C(O)C(F)(F)F.O=C(O)C(F)(F)F. The fourth-order valence-corrected chi connectivity index (χ4v) is 3.53. The predicted octanol–water partition coefficient (Wildman–Crippen LogP) is 4.17. The van der Waals surface area contributed by atoms with Crippen molar-refractivity contribution < 1.29 is 50.9 Å². The molecule has 0 saturated heterocycles. The Kier molecular flexibility index (Phi) is 13.5. The second-order valence-electron chi connectivity index (χ2n) is 9.05. The quantitative estimate of drug-likeness (QED) is 0.367. The van der Waals surface area contributed by atoms with Crippen molar-refractivity contribution in [3.8, 4) is 0 Å². The van der Waals surface area contributed by atoms with E-state index in [4.69, 9.17) is 24.8 Å². The number of alkyl halides is 6. The van der Waals surface area contributed by atoms with Crippen LogP contribution in [0.4, 0.5) is 32.2 Å². The van der Waals surface area contributed by atoms with Crippen molar-refractivity contribution >= 4 is 23.7 Å². The van der Waals surface area contributed by atoms with Gasteiger partial charge in [0.25, 0.3) is 5.91 Å². The molecule has 9 nitrogen and oxygen atoms in total. The van der Waals surface area contributed by atoms with E-state index in [-0.39, 0.29) is 11.9 Å². The Labute approximate surface area is 232 Å². The van der Waals surface area contributed by atoms with Crippen molar-refractivity contribution in [2.75, 3.05) is 32.0 Å². The first kappa shape index (κ1) is 35.1. The summed E-state index contributed by atoms with van der Waals surface area (Å²) in [5.74, 6) is -4.90. The Morgan fingerprint density at radius 2 is 1.46 bits per heavy atom. The molecule has 0 bridgehead atoms. The van der Waals surface area contributed by atoms with Crippen LogP contribution < -0.4 is 10.6 Å². The minimum Gasteiger partial charge on any atom is -0.475 e. The van der Waals surface area contributed by atoms with Gasteiger partial charge in [-0.15, -0.1) is 0 Å². The molecule has 0 radical (unpaired) electrons. The Hall–Kier alpha value is -3.88. The molecule has 1 aliphatic heterocycles. The number of hydrogen-bond donors (Lipinski definition) is 4. The molecule has 41 heavy (non-hydrogen) atoms. The molecule has 0 spiro atoms. The summed E-state index contributed by atoms with van der Waals surface area (Å²) in [6, 6.07) is 12.9. The van der Waals surface area contributed by atoms with Crippen LogP contribution in [0.2, 0.25) is 0 Å². The van der Waals surface area contributed by atoms with Gasteiger partial charge in [-0.3, -0.25) is 4.79 Å². The van der Waals surface area contributed by atoms with Gasteiger partial charge in [-0.2, -0.15) is 26.3 Å². The number of nitrogens with zero attached hydrogens (tertiary/aromatic N) is 2. The van der Waals surface area contributed by atoms with Gasteiger partial charge >= 0.3 is 24.3 Å². The molecule has 2 aromatic rings. The molecule has 0 unspecified atom stereocenters. The lowest BCUT2D eigenvalue weighted by molar-refractivity contribution is -0.193. The number of rotatable bonds is 6. The normalized spacial score (nSPS) is 13.4. The molecule has 0 atom stereocenters. The van der Waals surface area contributed by atoms with Gasteiger partial charge in [0.15, 0.2) is 0 Å². The number of carboxylic acid groups (broad SMARTS) is 2. The zero-order valence-corrected chi connectivity index (χ0v) is 22.6. The third-order valence-electron chi connectivity index (χ3n) is 5.49. The largest absolute Gasteiger partial charge is 0.490 e. The van der Waals surface area contributed by atoms with Gasteiger partial charge in [0.05, 0.1) is 5.56 Å². The third-order valence-corrected chi connectivity index (χ3v) is 5.49. The van der Waals surface area contributed by atoms with Crippen LogP contribution in [0, 0.1) is 0 Å². The van der Waals surface area contributed by atoms with E-state index >= 15 is 0 Å². The van der Waals surface area contributed by atoms with Crippen LogP contribution in [0.15, 0.2) is 36.4 Å². The minimum atomic E-state index is -5.08. The highest BCUT2D eigenvalue weighted by Crippen LogP contribution is 2.22. The van der Waals surface area contributed by atoms with Crippen LogP contribution in [0.3, 0.4) is 0 Å². The van der Waals surface area contributed by atoms with Crippen LogP contribution in [0.25, 0.3) is 0 Å². The van der Waals surface area contributed by atoms with Crippen molar-refractivity contribution in [2.45, 2.75) is 51.5 Å². The molecule has 15 heteroatoms. The molecule has 3 rings (SSSR count). The van der Waals surface area contributed by atoms with E-state index < -0.39 is 24.3 Å². The van der Waals surface area contributed by atoms with E-state index in [2.05, 4.69) is 59.7 Å². The second-order valence-corrected chi connectivity index (χ2v) is 9.05. The van der Waals surface area contributed by atoms with E-state index in [1.165, 1.54) is 11.1 Å². The van der Waals surface area contributed by atoms with E-state index in [1.54, 1.807) is 7.05 Å². The lowest BCUT2D eigenvalue weighted by Crippen LogP contribution is -2.28. The molecule has 1 aromatic carbocycles. The summed E-state index contributed by atoms with van der Waals surface area (Å²) in [5.41, 5.74) is 4.34. The summed E-state index contributed by atoms with van der Waals surface area (Å²) in [6.45, 7) is 7.19. The summed E-state index contributed by atoms with van der Waals surface area (Å²) in [7, 11) is 1.67. The number of carbonyl (C=O) groups is 3. The highest BCUT2D eigenvalue weighted by molar-refractivity contribution is 5.98. The Balaban J connectivity index is 0.000000497. The number of halogens is 6. The molecule has 1 aromatic heterocycles. The summed E-state index contributed by atoms with van der Waals surface area (Å²) in [6.07, 6.45) is -7.25. The smallest absolute Gasteiger partial charge is 0.475 e. The number of anilines is 1. The second kappa shape index (κ2) is 15.8. The average molecular weight is 595 g/mol. The summed E-state index contributed by atoms with van der Waals surface area (Å²) >= 11 is 0. The molecule has 0 aliphatic carbocycles. The van der Waals surface area contributed by atoms with E-state index in [9.17, 15) is 31.1 Å². The van der Waals surface area contributed by atoms with Crippen molar-refractivity contribution in [1.29, 1.82) is 0 Å². The molecule has 2 heterocycles. The highest BCUT2D eigenvalue weighted by atomic mass is 19.4. The van der Waals surface area contributed by atoms with Crippen LogP contribution >= 0.6 is 0 Å². The fraction of sp³-hybridized carbons (Fsp3) is 0.462. The molecule has 1 aliphatic rings. The number of fused-ring (bicyclic) bond motifs is 1. The molecule has 0 saturated carbocycles. The Morgan fingerprint density at radius 3 is 1.93 bits per heavy atom. The number of aliphatic carboxylic acids is 2. The van der Waals surface area contributed by atoms with Gasteiger partial charge in [0.1, 0.15) is 5.82 Å². The maximum Gasteiger partial charge on any atom is 0.490 e. The predicted molar refractivity (Wildman–Crippen MR) is 138 cm³/mol. The number of nitrogens with one attached hydrogen (secondary N) is 2. The summed E-state index contributed by atoms with van der Waals surface area (Å²) in [4.78, 5) is 37.4. The van der Waals surface area contributed by atoms with Gasteiger partial charge < -0.3 is 25.7 Å². The first-order chi connectivity index (χ1) is 18.9. The van der Waals surface area contributed by atoms with Crippen LogP contribution in [-0.2, 0) is 28.9 Å². The van der Waals surface area contributed by atoms with Crippen molar-refractivity contribution in [2.24, 2.45) is 0 Å². The van der Waals surface area contributed by atoms with Crippen molar-refractivity contribution in [1.82, 2.24) is 15.2 Å². The van der Waals surface area contributed by atoms with Gasteiger partial charge in [0.2, 0.25) is 0 Å². The number of amides is 1. The fourth-order valence-electron chi connectivity index (χ4n) is 3.53. The van der Waals surface area contributed by atoms with Crippen molar-refractivity contribution in [3.05, 3.63) is 58.8 Å². The van der Waals surface area contributed by atoms with E-state index in [1.807, 2.05) is 6.07 Å². The number of pyridine rings is 1. The van der Waals surface area contributed by atoms with Crippen LogP contribution in [0.1, 0.15) is 41.0 Å². The Morgan fingerprint density at radius 1 is 0.951 bits per heavy atom. The third kappa shape index (κ3) is 12.9. The topological polar surface area (TPSA) is 132 Å². The summed E-state index contributed by atoms with van der Waals surface area (Å²) < 4.78 is 63.5. The molecule has 1 amide bonds. The summed E-state index contributed by atoms with van der Waals surface area (Å²) in [5, 5.41) is 20.3. The molecule has 228 valence electrons. The maximum atomic E-state index is 12.3. The zero-order chi connectivity index (χ0) is 31.4. The Bertz CT molecular complexity index is 1130. The number of benzene rings is 1. The maximum absolute atomic E-state index is 12.3. The molecular formula is C26H32F6N4O5. The molecular weight excluding hydrogens is 562 g/mol. The van der Waals surface area contributed by atoms with E-state index in [0.717, 1.165) is 44.6 Å². The number of hydrogen-bond acceptors (Lipinski definition) is 6. The van der Waals surface area contributed by atoms with Gasteiger partial charge in [0, 0.05) is 44.8 Å².